The molecule has 0 aromatic heterocycles. The molecule has 1 amide bonds. The van der Waals surface area contributed by atoms with Gasteiger partial charge in [-0.05, 0) is 62.7 Å². The molecular formula is C19H31NO4. The molecule has 5 heteroatoms. The van der Waals surface area contributed by atoms with E-state index in [0.29, 0.717) is 37.2 Å². The normalized spacial score (nSPS) is 29.8. The van der Waals surface area contributed by atoms with Crippen molar-refractivity contribution in [3.05, 3.63) is 0 Å². The van der Waals surface area contributed by atoms with Gasteiger partial charge < -0.3 is 15.2 Å². The van der Waals surface area contributed by atoms with Gasteiger partial charge in [0.1, 0.15) is 0 Å². The van der Waals surface area contributed by atoms with Crippen molar-refractivity contribution in [1.82, 2.24) is 5.32 Å². The molecule has 1 aliphatic heterocycles. The lowest BCUT2D eigenvalue weighted by atomic mass is 9.66. The zero-order chi connectivity index (χ0) is 17.4. The Kier molecular flexibility index (Phi) is 4.92. The molecule has 2 N–H and O–H groups in total. The number of nitrogens with one attached hydrogen (secondary N) is 1. The van der Waals surface area contributed by atoms with E-state index in [1.807, 2.05) is 0 Å². The predicted molar refractivity (Wildman–Crippen MR) is 90.6 cm³/mol. The highest BCUT2D eigenvalue weighted by atomic mass is 16.5. The van der Waals surface area contributed by atoms with E-state index in [-0.39, 0.29) is 23.5 Å². The fraction of sp³-hybridized carbons (Fsp3) is 0.895. The molecule has 0 aromatic rings. The highest BCUT2D eigenvalue weighted by Gasteiger charge is 2.51. The van der Waals surface area contributed by atoms with Crippen LogP contribution in [-0.4, -0.2) is 35.2 Å². The van der Waals surface area contributed by atoms with Crippen LogP contribution >= 0.6 is 0 Å². The number of carbonyl (C=O) groups excluding carboxylic acids is 1. The van der Waals surface area contributed by atoms with E-state index in [2.05, 4.69) is 19.2 Å². The summed E-state index contributed by atoms with van der Waals surface area (Å²) in [5.41, 5.74) is 0.138. The van der Waals surface area contributed by atoms with Crippen molar-refractivity contribution in [2.45, 2.75) is 83.3 Å². The molecule has 3 aliphatic rings. The summed E-state index contributed by atoms with van der Waals surface area (Å²) < 4.78 is 5.85. The fourth-order valence-corrected chi connectivity index (χ4v) is 4.66. The molecule has 1 heterocycles. The minimum atomic E-state index is -0.726. The van der Waals surface area contributed by atoms with Crippen LogP contribution in [0.5, 0.6) is 0 Å². The summed E-state index contributed by atoms with van der Waals surface area (Å²) in [6, 6.07) is 0.140. The van der Waals surface area contributed by atoms with Gasteiger partial charge in [-0.3, -0.25) is 9.59 Å². The molecule has 1 spiro atoms. The van der Waals surface area contributed by atoms with E-state index < -0.39 is 5.97 Å². The quantitative estimate of drug-likeness (QED) is 0.826. The lowest BCUT2D eigenvalue weighted by Gasteiger charge is -2.50. The van der Waals surface area contributed by atoms with Crippen LogP contribution in [0.25, 0.3) is 0 Å². The van der Waals surface area contributed by atoms with E-state index in [4.69, 9.17) is 9.84 Å². The first-order valence-electron chi connectivity index (χ1n) is 9.43. The molecule has 2 aliphatic carbocycles. The van der Waals surface area contributed by atoms with Gasteiger partial charge in [0, 0.05) is 19.1 Å². The number of carboxylic acids is 1. The van der Waals surface area contributed by atoms with Crippen molar-refractivity contribution in [2.24, 2.45) is 17.3 Å². The van der Waals surface area contributed by atoms with Crippen molar-refractivity contribution in [3.63, 3.8) is 0 Å². The van der Waals surface area contributed by atoms with Crippen LogP contribution in [0, 0.1) is 17.3 Å². The average molecular weight is 337 g/mol. The molecule has 5 nitrogen and oxygen atoms in total. The van der Waals surface area contributed by atoms with Gasteiger partial charge in [-0.1, -0.05) is 13.8 Å². The van der Waals surface area contributed by atoms with Gasteiger partial charge in [0.2, 0.25) is 5.91 Å². The number of hydrogen-bond acceptors (Lipinski definition) is 3. The average Bonchev–Trinajstić information content (AvgIpc) is 2.47. The van der Waals surface area contributed by atoms with Gasteiger partial charge in [-0.2, -0.15) is 0 Å². The monoisotopic (exact) mass is 337 g/mol. The molecule has 136 valence electrons. The van der Waals surface area contributed by atoms with E-state index >= 15 is 0 Å². The third kappa shape index (κ3) is 4.11. The van der Waals surface area contributed by atoms with Gasteiger partial charge in [0.25, 0.3) is 0 Å². The van der Waals surface area contributed by atoms with Crippen molar-refractivity contribution in [3.8, 4) is 0 Å². The first-order valence-corrected chi connectivity index (χ1v) is 9.43. The first kappa shape index (κ1) is 17.7. The van der Waals surface area contributed by atoms with Gasteiger partial charge in [-0.25, -0.2) is 0 Å². The highest BCUT2D eigenvalue weighted by Crippen LogP contribution is 2.46. The molecule has 3 rings (SSSR count). The predicted octanol–water partition coefficient (Wildman–Crippen LogP) is 3.12. The standard InChI is InChI=1S/C19H31NO4/c1-18(2)6-3-13(4-7-18)9-16(21)20-15-5-8-24-19(12-15)10-14(11-19)17(22)23/h13-15H,3-12H2,1-2H3,(H,20,21)(H,22,23). The summed E-state index contributed by atoms with van der Waals surface area (Å²) in [5.74, 6) is -0.316. The molecule has 2 saturated carbocycles. The minimum absolute atomic E-state index is 0.140. The van der Waals surface area contributed by atoms with Gasteiger partial charge in [-0.15, -0.1) is 0 Å². The topological polar surface area (TPSA) is 75.6 Å². The molecule has 0 bridgehead atoms. The minimum Gasteiger partial charge on any atom is -0.481 e. The lowest BCUT2D eigenvalue weighted by molar-refractivity contribution is -0.182. The molecule has 1 atom stereocenters. The number of aliphatic carboxylic acids is 1. The maximum atomic E-state index is 12.4. The number of carbonyl (C=O) groups is 2. The highest BCUT2D eigenvalue weighted by molar-refractivity contribution is 5.76. The summed E-state index contributed by atoms with van der Waals surface area (Å²) in [5, 5.41) is 12.2. The zero-order valence-electron chi connectivity index (χ0n) is 15.0. The van der Waals surface area contributed by atoms with Crippen molar-refractivity contribution in [1.29, 1.82) is 0 Å². The summed E-state index contributed by atoms with van der Waals surface area (Å²) in [6.07, 6.45) is 8.14. The number of carboxylic acid groups (broad SMARTS) is 1. The maximum Gasteiger partial charge on any atom is 0.306 e. The molecule has 3 fully saturated rings. The Bertz CT molecular complexity index is 486. The maximum absolute atomic E-state index is 12.4. The Hall–Kier alpha value is -1.10. The third-order valence-corrected chi connectivity index (χ3v) is 6.38. The number of amides is 1. The Morgan fingerprint density at radius 3 is 2.42 bits per heavy atom. The van der Waals surface area contributed by atoms with Crippen LogP contribution in [-0.2, 0) is 14.3 Å². The van der Waals surface area contributed by atoms with Crippen LogP contribution in [0.2, 0.25) is 0 Å². The number of hydrogen-bond donors (Lipinski definition) is 2. The molecule has 1 unspecified atom stereocenters. The van der Waals surface area contributed by atoms with Crippen LogP contribution in [0.1, 0.15) is 71.6 Å². The number of rotatable bonds is 4. The van der Waals surface area contributed by atoms with Gasteiger partial charge in [0.05, 0.1) is 11.5 Å². The van der Waals surface area contributed by atoms with Crippen LogP contribution < -0.4 is 5.32 Å². The summed E-state index contributed by atoms with van der Waals surface area (Å²) in [6.45, 7) is 5.25. The Balaban J connectivity index is 1.43. The van der Waals surface area contributed by atoms with Crippen molar-refractivity contribution >= 4 is 11.9 Å². The molecular weight excluding hydrogens is 306 g/mol. The number of ether oxygens (including phenoxy) is 1. The second-order valence-corrected chi connectivity index (χ2v) is 9.04. The van der Waals surface area contributed by atoms with E-state index in [9.17, 15) is 9.59 Å². The summed E-state index contributed by atoms with van der Waals surface area (Å²) >= 11 is 0. The molecule has 24 heavy (non-hydrogen) atoms. The second kappa shape index (κ2) is 6.66. The van der Waals surface area contributed by atoms with Gasteiger partial charge in [0.15, 0.2) is 0 Å². The van der Waals surface area contributed by atoms with E-state index in [1.54, 1.807) is 0 Å². The SMILES string of the molecule is CC1(C)CCC(CC(=O)NC2CCOC3(C2)CC(C(=O)O)C3)CC1. The Labute approximate surface area is 144 Å². The van der Waals surface area contributed by atoms with Crippen LogP contribution in [0.4, 0.5) is 0 Å². The van der Waals surface area contributed by atoms with Crippen LogP contribution in [0.15, 0.2) is 0 Å². The zero-order valence-corrected chi connectivity index (χ0v) is 15.0. The Morgan fingerprint density at radius 2 is 1.79 bits per heavy atom. The second-order valence-electron chi connectivity index (χ2n) is 9.04. The fourth-order valence-electron chi connectivity index (χ4n) is 4.66. The molecule has 1 saturated heterocycles. The Morgan fingerprint density at radius 1 is 1.12 bits per heavy atom. The summed E-state index contributed by atoms with van der Waals surface area (Å²) in [4.78, 5) is 23.4. The lowest BCUT2D eigenvalue weighted by Crippen LogP contribution is -2.56. The summed E-state index contributed by atoms with van der Waals surface area (Å²) in [7, 11) is 0. The molecule has 0 radical (unpaired) electrons. The van der Waals surface area contributed by atoms with Gasteiger partial charge >= 0.3 is 5.97 Å². The van der Waals surface area contributed by atoms with Crippen molar-refractivity contribution < 1.29 is 19.4 Å². The van der Waals surface area contributed by atoms with E-state index in [1.165, 1.54) is 12.8 Å². The van der Waals surface area contributed by atoms with Crippen molar-refractivity contribution in [2.75, 3.05) is 6.61 Å². The molecule has 0 aromatic carbocycles. The van der Waals surface area contributed by atoms with Crippen LogP contribution in [0.3, 0.4) is 0 Å². The van der Waals surface area contributed by atoms with E-state index in [0.717, 1.165) is 25.7 Å². The third-order valence-electron chi connectivity index (χ3n) is 6.38. The largest absolute Gasteiger partial charge is 0.481 e. The first-order chi connectivity index (χ1) is 11.3. The smallest absolute Gasteiger partial charge is 0.306 e.